The summed E-state index contributed by atoms with van der Waals surface area (Å²) in [5.74, 6) is 1.83. The first kappa shape index (κ1) is 16.7. The lowest BCUT2D eigenvalue weighted by atomic mass is 9.95. The largest absolute Gasteiger partial charge is 0.448 e. The number of primary amides is 1. The molecule has 1 amide bonds. The van der Waals surface area contributed by atoms with Gasteiger partial charge in [-0.15, -0.1) is 0 Å². The van der Waals surface area contributed by atoms with Gasteiger partial charge in [0.1, 0.15) is 23.1 Å². The Morgan fingerprint density at radius 3 is 2.73 bits per heavy atom. The minimum atomic E-state index is -1.09. The zero-order chi connectivity index (χ0) is 16.5. The van der Waals surface area contributed by atoms with Crippen molar-refractivity contribution in [1.29, 1.82) is 0 Å². The zero-order valence-electron chi connectivity index (χ0n) is 13.3. The van der Waals surface area contributed by atoms with Crippen LogP contribution in [0.15, 0.2) is 4.90 Å². The van der Waals surface area contributed by atoms with E-state index in [0.717, 1.165) is 5.69 Å². The number of hydrogen-bond acceptors (Lipinski definition) is 6. The number of nitrogens with one attached hydrogen (secondary N) is 1. The van der Waals surface area contributed by atoms with Gasteiger partial charge in [0.15, 0.2) is 0 Å². The molecule has 22 heavy (non-hydrogen) atoms. The molecule has 0 radical (unpaired) electrons. The first-order valence-corrected chi connectivity index (χ1v) is 8.49. The maximum absolute atomic E-state index is 12.2. The summed E-state index contributed by atoms with van der Waals surface area (Å²) in [6.07, 6.45) is -0.130. The molecule has 7 nitrogen and oxygen atoms in total. The summed E-state index contributed by atoms with van der Waals surface area (Å²) in [5, 5.41) is 3.16. The van der Waals surface area contributed by atoms with Crippen molar-refractivity contribution < 1.29 is 13.7 Å². The molecule has 2 atom stereocenters. The number of fused-ring (bicyclic) bond motifs is 1. The molecule has 0 saturated carbocycles. The number of amides is 1. The fraction of sp³-hybridized carbons (Fsp3) is 0.643. The second-order valence-electron chi connectivity index (χ2n) is 6.40. The Bertz CT molecular complexity index is 613. The van der Waals surface area contributed by atoms with Crippen molar-refractivity contribution in [2.45, 2.75) is 50.5 Å². The van der Waals surface area contributed by atoms with Crippen molar-refractivity contribution >= 4 is 22.7 Å². The third kappa shape index (κ3) is 3.73. The summed E-state index contributed by atoms with van der Waals surface area (Å²) in [6.45, 7) is 8.05. The predicted octanol–water partition coefficient (Wildman–Crippen LogP) is 1.33. The van der Waals surface area contributed by atoms with Crippen molar-refractivity contribution in [2.75, 3.05) is 17.7 Å². The van der Waals surface area contributed by atoms with Crippen molar-refractivity contribution in [3.05, 3.63) is 11.5 Å². The number of hydrogen-bond donors (Lipinski definition) is 2. The molecule has 0 saturated heterocycles. The topological polar surface area (TPSA) is 107 Å². The SMILES string of the molecule is CC(COC(N)=O)Nc1nc(C(C)(C)C)nc2c1S(=O)CC2. The van der Waals surface area contributed by atoms with Gasteiger partial charge in [-0.05, 0) is 6.92 Å². The van der Waals surface area contributed by atoms with E-state index in [-0.39, 0.29) is 18.1 Å². The number of aryl methyl sites for hydroxylation is 1. The third-order valence-electron chi connectivity index (χ3n) is 3.22. The monoisotopic (exact) mass is 326 g/mol. The maximum Gasteiger partial charge on any atom is 0.404 e. The second-order valence-corrected chi connectivity index (χ2v) is 7.90. The van der Waals surface area contributed by atoms with E-state index in [0.29, 0.717) is 28.7 Å². The van der Waals surface area contributed by atoms with Crippen LogP contribution in [-0.2, 0) is 27.4 Å². The van der Waals surface area contributed by atoms with E-state index in [1.165, 1.54) is 0 Å². The Morgan fingerprint density at radius 1 is 1.45 bits per heavy atom. The molecule has 1 aromatic heterocycles. The van der Waals surface area contributed by atoms with Crippen LogP contribution in [0.1, 0.15) is 39.2 Å². The number of carbonyl (C=O) groups is 1. The van der Waals surface area contributed by atoms with Crippen LogP contribution in [0.25, 0.3) is 0 Å². The van der Waals surface area contributed by atoms with Crippen LogP contribution < -0.4 is 11.1 Å². The van der Waals surface area contributed by atoms with Gasteiger partial charge in [0.25, 0.3) is 0 Å². The van der Waals surface area contributed by atoms with Gasteiger partial charge in [0, 0.05) is 17.6 Å². The van der Waals surface area contributed by atoms with Gasteiger partial charge < -0.3 is 15.8 Å². The van der Waals surface area contributed by atoms with Crippen molar-refractivity contribution in [1.82, 2.24) is 9.97 Å². The highest BCUT2D eigenvalue weighted by Gasteiger charge is 2.29. The van der Waals surface area contributed by atoms with Gasteiger partial charge in [0.2, 0.25) is 0 Å². The van der Waals surface area contributed by atoms with E-state index in [1.54, 1.807) is 0 Å². The smallest absolute Gasteiger partial charge is 0.404 e. The average molecular weight is 326 g/mol. The summed E-state index contributed by atoms with van der Waals surface area (Å²) in [7, 11) is -1.09. The van der Waals surface area contributed by atoms with Gasteiger partial charge in [-0.3, -0.25) is 4.21 Å². The number of aromatic nitrogens is 2. The lowest BCUT2D eigenvalue weighted by Gasteiger charge is -2.21. The molecule has 8 heteroatoms. The van der Waals surface area contributed by atoms with E-state index in [1.807, 2.05) is 27.7 Å². The molecule has 1 aromatic rings. The van der Waals surface area contributed by atoms with Crippen LogP contribution in [0.5, 0.6) is 0 Å². The predicted molar refractivity (Wildman–Crippen MR) is 84.3 cm³/mol. The molecule has 0 fully saturated rings. The Labute approximate surface area is 132 Å². The van der Waals surface area contributed by atoms with E-state index in [4.69, 9.17) is 10.5 Å². The summed E-state index contributed by atoms with van der Waals surface area (Å²) in [4.78, 5) is 20.5. The van der Waals surface area contributed by atoms with Gasteiger partial charge >= 0.3 is 6.09 Å². The highest BCUT2D eigenvalue weighted by molar-refractivity contribution is 7.85. The van der Waals surface area contributed by atoms with Crippen LogP contribution in [0.2, 0.25) is 0 Å². The molecule has 0 bridgehead atoms. The summed E-state index contributed by atoms with van der Waals surface area (Å²) in [5.41, 5.74) is 5.60. The normalized spacial score (nSPS) is 18.6. The van der Waals surface area contributed by atoms with Crippen molar-refractivity contribution in [3.63, 3.8) is 0 Å². The molecule has 0 aliphatic carbocycles. The molecule has 2 unspecified atom stereocenters. The molecular weight excluding hydrogens is 304 g/mol. The first-order chi connectivity index (χ1) is 10.2. The number of ether oxygens (including phenoxy) is 1. The lowest BCUT2D eigenvalue weighted by Crippen LogP contribution is -2.28. The molecule has 2 rings (SSSR count). The van der Waals surface area contributed by atoms with E-state index < -0.39 is 16.9 Å². The first-order valence-electron chi connectivity index (χ1n) is 7.17. The standard InChI is InChI=1S/C14H22N4O3S/c1-8(7-21-13(15)19)16-11-10-9(5-6-22(10)20)17-12(18-11)14(2,3)4/h8H,5-7H2,1-4H3,(H2,15,19)(H,16,17,18). The average Bonchev–Trinajstić information content (AvgIpc) is 2.77. The summed E-state index contributed by atoms with van der Waals surface area (Å²) in [6, 6.07) is -0.197. The highest BCUT2D eigenvalue weighted by Crippen LogP contribution is 2.31. The molecule has 1 aliphatic rings. The molecule has 0 spiro atoms. The van der Waals surface area contributed by atoms with Crippen LogP contribution >= 0.6 is 0 Å². The van der Waals surface area contributed by atoms with Crippen LogP contribution in [-0.4, -0.2) is 38.7 Å². The lowest BCUT2D eigenvalue weighted by molar-refractivity contribution is 0.153. The molecule has 122 valence electrons. The summed E-state index contributed by atoms with van der Waals surface area (Å²) < 4.78 is 17.0. The van der Waals surface area contributed by atoms with Gasteiger partial charge in [-0.2, -0.15) is 0 Å². The third-order valence-corrected chi connectivity index (χ3v) is 4.68. The van der Waals surface area contributed by atoms with Crippen LogP contribution in [0.3, 0.4) is 0 Å². The number of nitrogens with two attached hydrogens (primary N) is 1. The van der Waals surface area contributed by atoms with E-state index >= 15 is 0 Å². The zero-order valence-corrected chi connectivity index (χ0v) is 14.1. The van der Waals surface area contributed by atoms with E-state index in [2.05, 4.69) is 15.3 Å². The van der Waals surface area contributed by atoms with Crippen molar-refractivity contribution in [2.24, 2.45) is 5.73 Å². The highest BCUT2D eigenvalue weighted by atomic mass is 32.2. The Morgan fingerprint density at radius 2 is 2.14 bits per heavy atom. The number of carbonyl (C=O) groups excluding carboxylic acids is 1. The van der Waals surface area contributed by atoms with Crippen LogP contribution in [0.4, 0.5) is 10.6 Å². The van der Waals surface area contributed by atoms with Crippen LogP contribution in [0, 0.1) is 0 Å². The minimum absolute atomic E-state index is 0.117. The maximum atomic E-state index is 12.2. The summed E-state index contributed by atoms with van der Waals surface area (Å²) >= 11 is 0. The Kier molecular flexibility index (Phi) is 4.69. The quantitative estimate of drug-likeness (QED) is 0.864. The molecule has 3 N–H and O–H groups in total. The minimum Gasteiger partial charge on any atom is -0.448 e. The second kappa shape index (κ2) is 6.20. The van der Waals surface area contributed by atoms with Gasteiger partial charge in [-0.1, -0.05) is 20.8 Å². The molecule has 1 aliphatic heterocycles. The fourth-order valence-electron chi connectivity index (χ4n) is 2.11. The number of anilines is 1. The number of rotatable bonds is 4. The van der Waals surface area contributed by atoms with E-state index in [9.17, 15) is 9.00 Å². The molecule has 2 heterocycles. The van der Waals surface area contributed by atoms with Crippen molar-refractivity contribution in [3.8, 4) is 0 Å². The molecule has 0 aromatic carbocycles. The number of nitrogens with zero attached hydrogens (tertiary/aromatic N) is 2. The van der Waals surface area contributed by atoms with Gasteiger partial charge in [-0.25, -0.2) is 14.8 Å². The fourth-order valence-corrected chi connectivity index (χ4v) is 3.43. The molecular formula is C14H22N4O3S. The Balaban J connectivity index is 2.31. The van der Waals surface area contributed by atoms with Gasteiger partial charge in [0.05, 0.1) is 22.5 Å². The Hall–Kier alpha value is -1.70.